The Kier molecular flexibility index (Phi) is 5.00. The molecule has 1 N–H and O–H groups in total. The first-order valence-electron chi connectivity index (χ1n) is 6.87. The molecule has 2 rings (SSSR count). The summed E-state index contributed by atoms with van der Waals surface area (Å²) in [6.07, 6.45) is 1.09. The Morgan fingerprint density at radius 2 is 2.26 bits per heavy atom. The lowest BCUT2D eigenvalue weighted by Gasteiger charge is -2.18. The summed E-state index contributed by atoms with van der Waals surface area (Å²) < 4.78 is 5.79. The number of aliphatic hydroxyl groups is 1. The number of nitrogens with zero attached hydrogens (tertiary/aromatic N) is 1. The fourth-order valence-electron chi connectivity index (χ4n) is 2.42. The third-order valence-corrected chi connectivity index (χ3v) is 3.47. The monoisotopic (exact) mass is 261 g/mol. The second-order valence-electron chi connectivity index (χ2n) is 5.43. The summed E-state index contributed by atoms with van der Waals surface area (Å²) in [5, 5.41) is 9.19. The van der Waals surface area contributed by atoms with Gasteiger partial charge in [-0.15, -0.1) is 0 Å². The van der Waals surface area contributed by atoms with E-state index in [0.29, 0.717) is 19.1 Å². The molecule has 1 heterocycles. The van der Waals surface area contributed by atoms with E-state index in [0.717, 1.165) is 37.4 Å². The van der Waals surface area contributed by atoms with Gasteiger partial charge in [0.25, 0.3) is 0 Å². The summed E-state index contributed by atoms with van der Waals surface area (Å²) in [5.41, 5.74) is 2.23. The van der Waals surface area contributed by atoms with Crippen molar-refractivity contribution in [3.05, 3.63) is 42.0 Å². The highest BCUT2D eigenvalue weighted by molar-refractivity contribution is 5.33. The summed E-state index contributed by atoms with van der Waals surface area (Å²) in [4.78, 5) is 2.38. The van der Waals surface area contributed by atoms with Gasteiger partial charge in [0.15, 0.2) is 0 Å². The van der Waals surface area contributed by atoms with E-state index in [9.17, 15) is 5.11 Å². The number of benzene rings is 1. The van der Waals surface area contributed by atoms with Crippen molar-refractivity contribution in [1.82, 2.24) is 4.90 Å². The number of hydrogen-bond acceptors (Lipinski definition) is 3. The van der Waals surface area contributed by atoms with Crippen LogP contribution < -0.4 is 4.74 Å². The molecule has 3 nitrogen and oxygen atoms in total. The molecule has 1 aliphatic heterocycles. The average molecular weight is 261 g/mol. The van der Waals surface area contributed by atoms with E-state index in [-0.39, 0.29) is 0 Å². The SMILES string of the molecule is C=C(C)COc1ccccc1CN1CCC(CO)C1. The van der Waals surface area contributed by atoms with Crippen LogP contribution in [-0.2, 0) is 6.54 Å². The fraction of sp³-hybridized carbons (Fsp3) is 0.500. The third-order valence-electron chi connectivity index (χ3n) is 3.47. The molecule has 0 bridgehead atoms. The normalized spacial score (nSPS) is 19.6. The highest BCUT2D eigenvalue weighted by Crippen LogP contribution is 2.24. The van der Waals surface area contributed by atoms with Crippen LogP contribution >= 0.6 is 0 Å². The van der Waals surface area contributed by atoms with Crippen LogP contribution in [0.4, 0.5) is 0 Å². The van der Waals surface area contributed by atoms with Crippen LogP contribution in [0.25, 0.3) is 0 Å². The molecule has 3 heteroatoms. The lowest BCUT2D eigenvalue weighted by Crippen LogP contribution is -2.21. The van der Waals surface area contributed by atoms with Gasteiger partial charge >= 0.3 is 0 Å². The predicted octanol–water partition coefficient (Wildman–Crippen LogP) is 2.46. The van der Waals surface area contributed by atoms with E-state index in [1.807, 2.05) is 25.1 Å². The van der Waals surface area contributed by atoms with Gasteiger partial charge in [-0.05, 0) is 37.4 Å². The smallest absolute Gasteiger partial charge is 0.124 e. The Labute approximate surface area is 115 Å². The fourth-order valence-corrected chi connectivity index (χ4v) is 2.42. The Bertz CT molecular complexity index is 431. The van der Waals surface area contributed by atoms with Gasteiger partial charge in [-0.3, -0.25) is 4.90 Å². The van der Waals surface area contributed by atoms with E-state index in [1.54, 1.807) is 0 Å². The molecule has 1 fully saturated rings. The highest BCUT2D eigenvalue weighted by atomic mass is 16.5. The number of para-hydroxylation sites is 1. The molecule has 104 valence electrons. The Hall–Kier alpha value is -1.32. The molecular formula is C16H23NO2. The van der Waals surface area contributed by atoms with Crippen molar-refractivity contribution in [1.29, 1.82) is 0 Å². The molecule has 1 saturated heterocycles. The average Bonchev–Trinajstić information content (AvgIpc) is 2.85. The minimum Gasteiger partial charge on any atom is -0.489 e. The summed E-state index contributed by atoms with van der Waals surface area (Å²) in [6.45, 7) is 9.61. The van der Waals surface area contributed by atoms with Crippen LogP contribution in [0.2, 0.25) is 0 Å². The molecule has 0 amide bonds. The van der Waals surface area contributed by atoms with Crippen LogP contribution in [-0.4, -0.2) is 36.3 Å². The first-order valence-corrected chi connectivity index (χ1v) is 6.87. The van der Waals surface area contributed by atoms with Crippen LogP contribution in [0.1, 0.15) is 18.9 Å². The van der Waals surface area contributed by atoms with Gasteiger partial charge in [0.1, 0.15) is 12.4 Å². The largest absolute Gasteiger partial charge is 0.489 e. The maximum absolute atomic E-state index is 9.19. The van der Waals surface area contributed by atoms with Crippen molar-refractivity contribution >= 4 is 0 Å². The van der Waals surface area contributed by atoms with Crippen molar-refractivity contribution < 1.29 is 9.84 Å². The second-order valence-corrected chi connectivity index (χ2v) is 5.43. The molecule has 1 aromatic carbocycles. The molecule has 1 aromatic rings. The number of likely N-dealkylation sites (tertiary alicyclic amines) is 1. The first kappa shape index (κ1) is 14.1. The zero-order valence-electron chi connectivity index (χ0n) is 11.6. The van der Waals surface area contributed by atoms with Crippen molar-refractivity contribution in [3.8, 4) is 5.75 Å². The van der Waals surface area contributed by atoms with Crippen molar-refractivity contribution in [2.24, 2.45) is 5.92 Å². The van der Waals surface area contributed by atoms with Crippen molar-refractivity contribution in [2.75, 3.05) is 26.3 Å². The molecule has 0 aliphatic carbocycles. The third kappa shape index (κ3) is 4.08. The van der Waals surface area contributed by atoms with E-state index < -0.39 is 0 Å². The topological polar surface area (TPSA) is 32.7 Å². The van der Waals surface area contributed by atoms with Crippen LogP contribution in [0.3, 0.4) is 0 Å². The van der Waals surface area contributed by atoms with E-state index >= 15 is 0 Å². The Morgan fingerprint density at radius 3 is 2.95 bits per heavy atom. The Balaban J connectivity index is 1.97. The van der Waals surface area contributed by atoms with Gasteiger partial charge in [0.05, 0.1) is 0 Å². The van der Waals surface area contributed by atoms with Crippen LogP contribution in [0.5, 0.6) is 5.75 Å². The molecule has 0 saturated carbocycles. The van der Waals surface area contributed by atoms with Gasteiger partial charge < -0.3 is 9.84 Å². The molecule has 1 aliphatic rings. The molecule has 0 spiro atoms. The highest BCUT2D eigenvalue weighted by Gasteiger charge is 2.22. The maximum atomic E-state index is 9.19. The molecule has 1 unspecified atom stereocenters. The van der Waals surface area contributed by atoms with Crippen molar-refractivity contribution in [3.63, 3.8) is 0 Å². The number of ether oxygens (including phenoxy) is 1. The lowest BCUT2D eigenvalue weighted by atomic mass is 10.1. The van der Waals surface area contributed by atoms with Gasteiger partial charge in [0, 0.05) is 25.3 Å². The summed E-state index contributed by atoms with van der Waals surface area (Å²) >= 11 is 0. The lowest BCUT2D eigenvalue weighted by molar-refractivity contribution is 0.219. The van der Waals surface area contributed by atoms with Gasteiger partial charge in [-0.1, -0.05) is 24.8 Å². The molecule has 0 aromatic heterocycles. The number of rotatable bonds is 6. The summed E-state index contributed by atoms with van der Waals surface area (Å²) in [5.74, 6) is 1.38. The minimum absolute atomic E-state index is 0.296. The van der Waals surface area contributed by atoms with E-state index in [4.69, 9.17) is 4.74 Å². The number of hydrogen-bond donors (Lipinski definition) is 1. The predicted molar refractivity (Wildman–Crippen MR) is 77.2 cm³/mol. The van der Waals surface area contributed by atoms with Crippen molar-refractivity contribution in [2.45, 2.75) is 19.9 Å². The summed E-state index contributed by atoms with van der Waals surface area (Å²) in [7, 11) is 0. The number of aliphatic hydroxyl groups excluding tert-OH is 1. The zero-order valence-corrected chi connectivity index (χ0v) is 11.6. The van der Waals surface area contributed by atoms with Gasteiger partial charge in [0.2, 0.25) is 0 Å². The molecule has 0 radical (unpaired) electrons. The Morgan fingerprint density at radius 1 is 1.47 bits per heavy atom. The van der Waals surface area contributed by atoms with E-state index in [2.05, 4.69) is 17.5 Å². The van der Waals surface area contributed by atoms with Crippen LogP contribution in [0.15, 0.2) is 36.4 Å². The first-order chi connectivity index (χ1) is 9.19. The molecular weight excluding hydrogens is 238 g/mol. The molecule has 1 atom stereocenters. The van der Waals surface area contributed by atoms with Crippen LogP contribution in [0, 0.1) is 5.92 Å². The standard InChI is InChI=1S/C16H23NO2/c1-13(2)12-19-16-6-4-3-5-15(16)10-17-8-7-14(9-17)11-18/h3-6,14,18H,1,7-12H2,2H3. The quantitative estimate of drug-likeness (QED) is 0.798. The molecule has 19 heavy (non-hydrogen) atoms. The van der Waals surface area contributed by atoms with Gasteiger partial charge in [-0.25, -0.2) is 0 Å². The second kappa shape index (κ2) is 6.73. The maximum Gasteiger partial charge on any atom is 0.124 e. The van der Waals surface area contributed by atoms with E-state index in [1.165, 1.54) is 5.56 Å². The minimum atomic E-state index is 0.296. The summed E-state index contributed by atoms with van der Waals surface area (Å²) in [6, 6.07) is 8.16. The zero-order chi connectivity index (χ0) is 13.7. The van der Waals surface area contributed by atoms with Gasteiger partial charge in [-0.2, -0.15) is 0 Å².